The van der Waals surface area contributed by atoms with Crippen molar-refractivity contribution in [3.8, 4) is 0 Å². The van der Waals surface area contributed by atoms with Gasteiger partial charge in [-0.3, -0.25) is 4.79 Å². The van der Waals surface area contributed by atoms with E-state index in [0.29, 0.717) is 5.92 Å². The molecule has 0 fully saturated rings. The van der Waals surface area contributed by atoms with Gasteiger partial charge in [0.05, 0.1) is 5.92 Å². The third-order valence-electron chi connectivity index (χ3n) is 2.63. The molecule has 1 aliphatic carbocycles. The summed E-state index contributed by atoms with van der Waals surface area (Å²) in [5.41, 5.74) is 1.29. The van der Waals surface area contributed by atoms with E-state index in [0.717, 1.165) is 19.3 Å². The minimum atomic E-state index is -0.696. The van der Waals surface area contributed by atoms with Gasteiger partial charge in [0.25, 0.3) is 0 Å². The first-order valence-corrected chi connectivity index (χ1v) is 5.19. The highest BCUT2D eigenvalue weighted by atomic mass is 16.4. The molecule has 1 aliphatic rings. The predicted molar refractivity (Wildman–Crippen MR) is 57.0 cm³/mol. The molecule has 2 heteroatoms. The van der Waals surface area contributed by atoms with Crippen molar-refractivity contribution in [1.29, 1.82) is 0 Å². The molecule has 0 aromatic rings. The predicted octanol–water partition coefficient (Wildman–Crippen LogP) is 3.01. The van der Waals surface area contributed by atoms with Gasteiger partial charge in [-0.25, -0.2) is 0 Å². The lowest BCUT2D eigenvalue weighted by Crippen LogP contribution is -2.09. The van der Waals surface area contributed by atoms with Crippen LogP contribution in [0.3, 0.4) is 0 Å². The minimum absolute atomic E-state index is 0.235. The lowest BCUT2D eigenvalue weighted by Gasteiger charge is -2.13. The molecule has 0 aromatic heterocycles. The molecule has 0 bridgehead atoms. The molecule has 1 unspecified atom stereocenters. The number of carbonyl (C=O) groups is 1. The van der Waals surface area contributed by atoms with Gasteiger partial charge in [0.2, 0.25) is 0 Å². The molecular formula is C12H18O2. The first-order valence-electron chi connectivity index (χ1n) is 5.19. The second-order valence-electron chi connectivity index (χ2n) is 4.13. The summed E-state index contributed by atoms with van der Waals surface area (Å²) in [6.45, 7) is 3.95. The third-order valence-corrected chi connectivity index (χ3v) is 2.63. The van der Waals surface area contributed by atoms with Gasteiger partial charge in [-0.05, 0) is 25.2 Å². The monoisotopic (exact) mass is 194 g/mol. The van der Waals surface area contributed by atoms with Crippen molar-refractivity contribution in [2.75, 3.05) is 0 Å². The Morgan fingerprint density at radius 2 is 2.43 bits per heavy atom. The van der Waals surface area contributed by atoms with Crippen LogP contribution in [-0.4, -0.2) is 11.1 Å². The highest BCUT2D eigenvalue weighted by Gasteiger charge is 2.11. The van der Waals surface area contributed by atoms with Crippen molar-refractivity contribution in [3.63, 3.8) is 0 Å². The van der Waals surface area contributed by atoms with Crippen molar-refractivity contribution >= 4 is 5.97 Å². The Morgan fingerprint density at radius 3 is 3.00 bits per heavy atom. The molecule has 14 heavy (non-hydrogen) atoms. The van der Waals surface area contributed by atoms with Crippen LogP contribution in [0.15, 0.2) is 23.8 Å². The zero-order valence-corrected chi connectivity index (χ0v) is 8.86. The molecule has 2 atom stereocenters. The topological polar surface area (TPSA) is 37.3 Å². The number of aliphatic carboxylic acids is 1. The van der Waals surface area contributed by atoms with Crippen LogP contribution in [0.2, 0.25) is 0 Å². The molecule has 0 aromatic carbocycles. The van der Waals surface area contributed by atoms with E-state index in [4.69, 9.17) is 5.11 Å². The summed E-state index contributed by atoms with van der Waals surface area (Å²) >= 11 is 0. The van der Waals surface area contributed by atoms with E-state index >= 15 is 0 Å². The third kappa shape index (κ3) is 3.36. The number of rotatable bonds is 4. The number of hydrogen-bond acceptors (Lipinski definition) is 1. The quantitative estimate of drug-likeness (QED) is 0.747. The maximum Gasteiger partial charge on any atom is 0.306 e. The summed E-state index contributed by atoms with van der Waals surface area (Å²) in [4.78, 5) is 10.6. The van der Waals surface area contributed by atoms with Gasteiger partial charge in [-0.1, -0.05) is 37.6 Å². The highest BCUT2D eigenvalue weighted by Crippen LogP contribution is 2.21. The van der Waals surface area contributed by atoms with Crippen molar-refractivity contribution < 1.29 is 9.90 Å². The van der Waals surface area contributed by atoms with Crippen molar-refractivity contribution in [1.82, 2.24) is 0 Å². The molecule has 0 aliphatic heterocycles. The number of carboxylic acid groups (broad SMARTS) is 1. The molecule has 78 valence electrons. The number of carboxylic acids is 1. The molecule has 0 saturated heterocycles. The van der Waals surface area contributed by atoms with Crippen molar-refractivity contribution in [2.24, 2.45) is 11.8 Å². The number of allylic oxidation sites excluding steroid dienone is 4. The fourth-order valence-electron chi connectivity index (χ4n) is 1.60. The van der Waals surface area contributed by atoms with Crippen LogP contribution in [0.4, 0.5) is 0 Å². The van der Waals surface area contributed by atoms with Gasteiger partial charge in [-0.2, -0.15) is 0 Å². The first kappa shape index (κ1) is 11.0. The summed E-state index contributed by atoms with van der Waals surface area (Å²) in [5.74, 6) is -0.324. The lowest BCUT2D eigenvalue weighted by molar-refractivity contribution is -0.141. The van der Waals surface area contributed by atoms with Gasteiger partial charge < -0.3 is 5.11 Å². The molecule has 1 N–H and O–H groups in total. The van der Waals surface area contributed by atoms with E-state index in [2.05, 4.69) is 25.2 Å². The van der Waals surface area contributed by atoms with Crippen LogP contribution in [0.25, 0.3) is 0 Å². The smallest absolute Gasteiger partial charge is 0.306 e. The van der Waals surface area contributed by atoms with Crippen molar-refractivity contribution in [3.05, 3.63) is 23.8 Å². The van der Waals surface area contributed by atoms with E-state index in [1.807, 2.05) is 0 Å². The zero-order valence-electron chi connectivity index (χ0n) is 8.86. The first-order chi connectivity index (χ1) is 6.59. The Hall–Kier alpha value is -1.05. The van der Waals surface area contributed by atoms with Crippen molar-refractivity contribution in [2.45, 2.75) is 33.1 Å². The molecule has 1 rings (SSSR count). The van der Waals surface area contributed by atoms with E-state index in [-0.39, 0.29) is 5.92 Å². The maximum absolute atomic E-state index is 10.6. The average Bonchev–Trinajstić information content (AvgIpc) is 2.14. The standard InChI is InChI=1S/C12H18O2/c1-9-4-3-5-11(8-9)7-6-10(2)12(13)14/h3,5,8-10H,4,6-7H2,1-2H3,(H,13,14)/t9?,10-/m0/s1. The lowest BCUT2D eigenvalue weighted by atomic mass is 9.93. The molecular weight excluding hydrogens is 176 g/mol. The normalized spacial score (nSPS) is 23.0. The Bertz CT molecular complexity index is 263. The Labute approximate surface area is 85.3 Å². The average molecular weight is 194 g/mol. The minimum Gasteiger partial charge on any atom is -0.481 e. The molecule has 0 heterocycles. The summed E-state index contributed by atoms with van der Waals surface area (Å²) in [7, 11) is 0. The van der Waals surface area contributed by atoms with Crippen LogP contribution in [0, 0.1) is 11.8 Å². The molecule has 2 nitrogen and oxygen atoms in total. The molecule has 0 amide bonds. The summed E-state index contributed by atoms with van der Waals surface area (Å²) in [6.07, 6.45) is 9.26. The van der Waals surface area contributed by atoms with Crippen LogP contribution in [0.1, 0.15) is 33.1 Å². The SMILES string of the molecule is CC1C=C(CC[C@H](C)C(=O)O)C=CC1. The fraction of sp³-hybridized carbons (Fsp3) is 0.583. The molecule has 0 radical (unpaired) electrons. The van der Waals surface area contributed by atoms with Gasteiger partial charge >= 0.3 is 5.97 Å². The fourth-order valence-corrected chi connectivity index (χ4v) is 1.60. The van der Waals surface area contributed by atoms with E-state index in [1.165, 1.54) is 5.57 Å². The summed E-state index contributed by atoms with van der Waals surface area (Å²) < 4.78 is 0. The Balaban J connectivity index is 2.38. The van der Waals surface area contributed by atoms with Crippen LogP contribution in [0.5, 0.6) is 0 Å². The summed E-state index contributed by atoms with van der Waals surface area (Å²) in [6, 6.07) is 0. The van der Waals surface area contributed by atoms with Gasteiger partial charge in [-0.15, -0.1) is 0 Å². The maximum atomic E-state index is 10.6. The summed E-state index contributed by atoms with van der Waals surface area (Å²) in [5, 5.41) is 8.73. The molecule has 0 spiro atoms. The van der Waals surface area contributed by atoms with E-state index < -0.39 is 5.97 Å². The Kier molecular flexibility index (Phi) is 3.93. The second kappa shape index (κ2) is 4.99. The van der Waals surface area contributed by atoms with E-state index in [1.54, 1.807) is 6.92 Å². The van der Waals surface area contributed by atoms with Crippen LogP contribution in [-0.2, 0) is 4.79 Å². The Morgan fingerprint density at radius 1 is 1.71 bits per heavy atom. The number of hydrogen-bond donors (Lipinski definition) is 1. The van der Waals surface area contributed by atoms with Crippen LogP contribution < -0.4 is 0 Å². The van der Waals surface area contributed by atoms with Gasteiger partial charge in [0.15, 0.2) is 0 Å². The highest BCUT2D eigenvalue weighted by molar-refractivity contribution is 5.69. The van der Waals surface area contributed by atoms with Crippen LogP contribution >= 0.6 is 0 Å². The largest absolute Gasteiger partial charge is 0.481 e. The second-order valence-corrected chi connectivity index (χ2v) is 4.13. The molecule has 0 saturated carbocycles. The van der Waals surface area contributed by atoms with Gasteiger partial charge in [0.1, 0.15) is 0 Å². The zero-order chi connectivity index (χ0) is 10.6. The van der Waals surface area contributed by atoms with Gasteiger partial charge in [0, 0.05) is 0 Å². The van der Waals surface area contributed by atoms with E-state index in [9.17, 15) is 4.79 Å².